The van der Waals surface area contributed by atoms with Crippen LogP contribution in [0.25, 0.3) is 22.0 Å². The van der Waals surface area contributed by atoms with Gasteiger partial charge in [-0.25, -0.2) is 9.97 Å². The van der Waals surface area contributed by atoms with Gasteiger partial charge in [0, 0.05) is 38.5 Å². The Hall–Kier alpha value is -2.95. The van der Waals surface area contributed by atoms with Crippen molar-refractivity contribution < 1.29 is 4.79 Å². The number of carbonyl (C=O) groups is 1. The maximum Gasteiger partial charge on any atom is 0.222 e. The van der Waals surface area contributed by atoms with E-state index in [9.17, 15) is 4.79 Å². The SMILES string of the molecule is CCCC(=O)N(C)Cc1cccc(-c2ccc3ncnc(N(CC)CC)c3c2)c1. The first-order valence-corrected chi connectivity index (χ1v) is 10.4. The van der Waals surface area contributed by atoms with Crippen molar-refractivity contribution in [3.05, 3.63) is 54.4 Å². The molecule has 0 unspecified atom stereocenters. The highest BCUT2D eigenvalue weighted by molar-refractivity contribution is 5.93. The fourth-order valence-corrected chi connectivity index (χ4v) is 3.61. The van der Waals surface area contributed by atoms with Crippen molar-refractivity contribution in [1.82, 2.24) is 14.9 Å². The van der Waals surface area contributed by atoms with E-state index in [1.54, 1.807) is 11.2 Å². The number of nitrogens with zero attached hydrogens (tertiary/aromatic N) is 4. The van der Waals surface area contributed by atoms with Crippen LogP contribution < -0.4 is 4.90 Å². The van der Waals surface area contributed by atoms with Crippen molar-refractivity contribution in [2.24, 2.45) is 0 Å². The molecule has 1 heterocycles. The van der Waals surface area contributed by atoms with Crippen LogP contribution in [0.4, 0.5) is 5.82 Å². The van der Waals surface area contributed by atoms with Crippen molar-refractivity contribution in [3.63, 3.8) is 0 Å². The van der Waals surface area contributed by atoms with Gasteiger partial charge >= 0.3 is 0 Å². The van der Waals surface area contributed by atoms with Gasteiger partial charge in [0.05, 0.1) is 5.52 Å². The lowest BCUT2D eigenvalue weighted by Crippen LogP contribution is -2.25. The molecule has 0 atom stereocenters. The van der Waals surface area contributed by atoms with Gasteiger partial charge in [-0.1, -0.05) is 31.2 Å². The number of rotatable bonds is 8. The molecular formula is C24H30N4O. The zero-order valence-corrected chi connectivity index (χ0v) is 17.9. The van der Waals surface area contributed by atoms with Crippen LogP contribution in [-0.4, -0.2) is 40.9 Å². The molecule has 29 heavy (non-hydrogen) atoms. The Morgan fingerprint density at radius 2 is 1.72 bits per heavy atom. The Labute approximate surface area is 173 Å². The maximum absolute atomic E-state index is 12.1. The third-order valence-electron chi connectivity index (χ3n) is 5.25. The molecule has 0 aliphatic carbocycles. The summed E-state index contributed by atoms with van der Waals surface area (Å²) < 4.78 is 0. The zero-order valence-electron chi connectivity index (χ0n) is 17.9. The minimum Gasteiger partial charge on any atom is -0.357 e. The fraction of sp³-hybridized carbons (Fsp3) is 0.375. The molecule has 2 aromatic carbocycles. The van der Waals surface area contributed by atoms with Crippen LogP contribution in [0.5, 0.6) is 0 Å². The molecule has 5 nitrogen and oxygen atoms in total. The fourth-order valence-electron chi connectivity index (χ4n) is 3.61. The van der Waals surface area contributed by atoms with E-state index in [0.29, 0.717) is 13.0 Å². The molecule has 3 rings (SSSR count). The molecule has 0 saturated heterocycles. The highest BCUT2D eigenvalue weighted by Gasteiger charge is 2.12. The van der Waals surface area contributed by atoms with E-state index in [1.165, 1.54) is 0 Å². The van der Waals surface area contributed by atoms with Crippen LogP contribution in [0.15, 0.2) is 48.8 Å². The quantitative estimate of drug-likeness (QED) is 0.549. The molecular weight excluding hydrogens is 360 g/mol. The van der Waals surface area contributed by atoms with Crippen LogP contribution in [0.2, 0.25) is 0 Å². The van der Waals surface area contributed by atoms with Crippen molar-refractivity contribution in [3.8, 4) is 11.1 Å². The van der Waals surface area contributed by atoms with Gasteiger partial charge in [-0.05, 0) is 55.2 Å². The summed E-state index contributed by atoms with van der Waals surface area (Å²) in [5, 5.41) is 1.06. The van der Waals surface area contributed by atoms with E-state index in [4.69, 9.17) is 0 Å². The summed E-state index contributed by atoms with van der Waals surface area (Å²) >= 11 is 0. The van der Waals surface area contributed by atoms with Crippen molar-refractivity contribution in [2.45, 2.75) is 40.2 Å². The lowest BCUT2D eigenvalue weighted by atomic mass is 10.0. The molecule has 1 aromatic heterocycles. The molecule has 0 aliphatic heterocycles. The average Bonchev–Trinajstić information content (AvgIpc) is 2.75. The molecule has 0 N–H and O–H groups in total. The van der Waals surface area contributed by atoms with Gasteiger partial charge in [0.25, 0.3) is 0 Å². The predicted octanol–water partition coefficient (Wildman–Crippen LogP) is 4.90. The molecule has 1 amide bonds. The monoisotopic (exact) mass is 390 g/mol. The summed E-state index contributed by atoms with van der Waals surface area (Å²) in [6.07, 6.45) is 3.10. The van der Waals surface area contributed by atoms with Crippen LogP contribution >= 0.6 is 0 Å². The number of hydrogen-bond donors (Lipinski definition) is 0. The van der Waals surface area contributed by atoms with Crippen LogP contribution in [-0.2, 0) is 11.3 Å². The van der Waals surface area contributed by atoms with Gasteiger partial charge in [0.2, 0.25) is 5.91 Å². The zero-order chi connectivity index (χ0) is 20.8. The normalized spacial score (nSPS) is 10.9. The van der Waals surface area contributed by atoms with Gasteiger partial charge in [0.15, 0.2) is 0 Å². The van der Waals surface area contributed by atoms with Crippen molar-refractivity contribution >= 4 is 22.6 Å². The van der Waals surface area contributed by atoms with E-state index in [0.717, 1.165) is 52.9 Å². The summed E-state index contributed by atoms with van der Waals surface area (Å²) in [5.41, 5.74) is 4.34. The van der Waals surface area contributed by atoms with E-state index in [-0.39, 0.29) is 5.91 Å². The first kappa shape index (κ1) is 20.8. The molecule has 0 aliphatic rings. The van der Waals surface area contributed by atoms with Gasteiger partial charge in [0.1, 0.15) is 12.1 Å². The maximum atomic E-state index is 12.1. The van der Waals surface area contributed by atoms with Crippen LogP contribution in [0.3, 0.4) is 0 Å². The molecule has 3 aromatic rings. The van der Waals surface area contributed by atoms with Crippen LogP contribution in [0, 0.1) is 0 Å². The minimum absolute atomic E-state index is 0.185. The summed E-state index contributed by atoms with van der Waals surface area (Å²) in [6.45, 7) is 8.74. The standard InChI is InChI=1S/C24H30N4O/c1-5-9-23(29)27(4)16-18-10-8-11-19(14-18)20-12-13-22-21(15-20)24(26-17-25-22)28(6-2)7-3/h8,10-15,17H,5-7,9,16H2,1-4H3. The van der Waals surface area contributed by atoms with E-state index < -0.39 is 0 Å². The molecule has 0 saturated carbocycles. The number of carbonyl (C=O) groups excluding carboxylic acids is 1. The second-order valence-electron chi connectivity index (χ2n) is 7.30. The third-order valence-corrected chi connectivity index (χ3v) is 5.25. The lowest BCUT2D eigenvalue weighted by Gasteiger charge is -2.21. The number of aromatic nitrogens is 2. The number of amides is 1. The minimum atomic E-state index is 0.185. The second-order valence-corrected chi connectivity index (χ2v) is 7.30. The Bertz CT molecular complexity index is 982. The summed E-state index contributed by atoms with van der Waals surface area (Å²) in [4.78, 5) is 25.2. The number of benzene rings is 2. The first-order chi connectivity index (χ1) is 14.1. The topological polar surface area (TPSA) is 49.3 Å². The van der Waals surface area contributed by atoms with E-state index in [1.807, 2.05) is 14.0 Å². The lowest BCUT2D eigenvalue weighted by molar-refractivity contribution is -0.130. The molecule has 0 fully saturated rings. The molecule has 0 radical (unpaired) electrons. The van der Waals surface area contributed by atoms with Crippen molar-refractivity contribution in [1.29, 1.82) is 0 Å². The van der Waals surface area contributed by atoms with E-state index >= 15 is 0 Å². The number of fused-ring (bicyclic) bond motifs is 1. The van der Waals surface area contributed by atoms with Gasteiger partial charge < -0.3 is 9.80 Å². The highest BCUT2D eigenvalue weighted by Crippen LogP contribution is 2.29. The van der Waals surface area contributed by atoms with Crippen LogP contribution in [0.1, 0.15) is 39.2 Å². The second kappa shape index (κ2) is 9.50. The van der Waals surface area contributed by atoms with Crippen molar-refractivity contribution in [2.75, 3.05) is 25.0 Å². The Morgan fingerprint density at radius 3 is 2.45 bits per heavy atom. The smallest absolute Gasteiger partial charge is 0.222 e. The summed E-state index contributed by atoms with van der Waals surface area (Å²) in [5.74, 6) is 1.16. The largest absolute Gasteiger partial charge is 0.357 e. The van der Waals surface area contributed by atoms with E-state index in [2.05, 4.69) is 71.2 Å². The number of anilines is 1. The average molecular weight is 391 g/mol. The number of hydrogen-bond acceptors (Lipinski definition) is 4. The third kappa shape index (κ3) is 4.73. The first-order valence-electron chi connectivity index (χ1n) is 10.4. The molecule has 5 heteroatoms. The predicted molar refractivity (Wildman–Crippen MR) is 120 cm³/mol. The van der Waals surface area contributed by atoms with Gasteiger partial charge in [-0.15, -0.1) is 0 Å². The Morgan fingerprint density at radius 1 is 0.966 bits per heavy atom. The molecule has 0 bridgehead atoms. The van der Waals surface area contributed by atoms with Gasteiger partial charge in [-0.3, -0.25) is 4.79 Å². The summed E-state index contributed by atoms with van der Waals surface area (Å²) in [7, 11) is 1.87. The molecule has 152 valence electrons. The molecule has 0 spiro atoms. The summed E-state index contributed by atoms with van der Waals surface area (Å²) in [6, 6.07) is 14.7. The Balaban J connectivity index is 1.94. The van der Waals surface area contributed by atoms with Gasteiger partial charge in [-0.2, -0.15) is 0 Å². The highest BCUT2D eigenvalue weighted by atomic mass is 16.2. The Kier molecular flexibility index (Phi) is 6.81.